The molecule has 8 heteroatoms. The topological polar surface area (TPSA) is 83.0 Å². The Labute approximate surface area is 246 Å². The Kier molecular flexibility index (Phi) is 8.02. The van der Waals surface area contributed by atoms with Crippen molar-refractivity contribution in [3.05, 3.63) is 64.0 Å². The van der Waals surface area contributed by atoms with Gasteiger partial charge in [0, 0.05) is 42.7 Å². The van der Waals surface area contributed by atoms with Gasteiger partial charge >= 0.3 is 5.97 Å². The average Bonchev–Trinajstić information content (AvgIpc) is 3.44. The number of aliphatic carboxylic acids is 1. The number of aryl methyl sites for hydroxylation is 2. The molecule has 2 saturated heterocycles. The van der Waals surface area contributed by atoms with Gasteiger partial charge in [0.25, 0.3) is 5.91 Å². The molecule has 0 spiro atoms. The Morgan fingerprint density at radius 3 is 2.41 bits per heavy atom. The zero-order chi connectivity index (χ0) is 28.5. The van der Waals surface area contributed by atoms with Crippen molar-refractivity contribution in [2.24, 2.45) is 17.8 Å². The summed E-state index contributed by atoms with van der Waals surface area (Å²) in [4.78, 5) is 34.1. The molecule has 1 aliphatic carbocycles. The minimum Gasteiger partial charge on any atom is -0.488 e. The summed E-state index contributed by atoms with van der Waals surface area (Å²) in [5.74, 6) is 0.445. The monoisotopic (exact) mass is 573 g/mol. The smallest absolute Gasteiger partial charge is 0.307 e. The first-order valence-corrected chi connectivity index (χ1v) is 15.8. The predicted molar refractivity (Wildman–Crippen MR) is 162 cm³/mol. The molecular formula is C33H39N3O4S. The van der Waals surface area contributed by atoms with Crippen molar-refractivity contribution in [3.63, 3.8) is 0 Å². The molecule has 2 aromatic carbocycles. The molecule has 3 aliphatic rings. The quantitative estimate of drug-likeness (QED) is 0.344. The van der Waals surface area contributed by atoms with Gasteiger partial charge in [0.15, 0.2) is 5.13 Å². The van der Waals surface area contributed by atoms with Crippen LogP contribution < -0.4 is 9.64 Å². The summed E-state index contributed by atoms with van der Waals surface area (Å²) in [6.45, 7) is 7.72. The first kappa shape index (κ1) is 27.8. The molecule has 2 bridgehead atoms. The number of hydrogen-bond donors (Lipinski definition) is 1. The molecule has 2 aliphatic heterocycles. The zero-order valence-electron chi connectivity index (χ0n) is 24.0. The third kappa shape index (κ3) is 5.85. The van der Waals surface area contributed by atoms with E-state index in [2.05, 4.69) is 29.3 Å². The van der Waals surface area contributed by atoms with Gasteiger partial charge in [-0.3, -0.25) is 9.59 Å². The standard InChI is InChI=1S/C33H39N3O4S/c1-21-7-12-29(40-19-26-11-8-23(16-22(26)2)31(37)35-13-5-3-4-6-14-35)27(15-21)28-20-41-33(34-28)36-17-24-9-10-25(18-36)30(24)32(38)39/h7-8,11-12,15-16,20,24-25,30H,3-6,9-10,13-14,17-19H2,1-2H3,(H,38,39)/t24-,25+,30?. The summed E-state index contributed by atoms with van der Waals surface area (Å²) in [5.41, 5.74) is 5.83. The Morgan fingerprint density at radius 1 is 1.00 bits per heavy atom. The van der Waals surface area contributed by atoms with E-state index in [9.17, 15) is 14.7 Å². The van der Waals surface area contributed by atoms with Gasteiger partial charge < -0.3 is 19.6 Å². The van der Waals surface area contributed by atoms with Gasteiger partial charge in [0.2, 0.25) is 0 Å². The van der Waals surface area contributed by atoms with Crippen LogP contribution in [0.4, 0.5) is 5.13 Å². The van der Waals surface area contributed by atoms with Gasteiger partial charge in [-0.25, -0.2) is 4.98 Å². The van der Waals surface area contributed by atoms with Crippen molar-refractivity contribution >= 4 is 28.3 Å². The van der Waals surface area contributed by atoms with Crippen LogP contribution in [0.3, 0.4) is 0 Å². The van der Waals surface area contributed by atoms with Crippen molar-refractivity contribution in [2.45, 2.75) is 59.0 Å². The number of nitrogens with zero attached hydrogens (tertiary/aromatic N) is 3. The highest BCUT2D eigenvalue weighted by Crippen LogP contribution is 2.44. The fourth-order valence-corrected chi connectivity index (χ4v) is 7.73. The van der Waals surface area contributed by atoms with E-state index in [0.717, 1.165) is 96.3 Å². The molecule has 3 fully saturated rings. The molecule has 6 rings (SSSR count). The Balaban J connectivity index is 1.15. The summed E-state index contributed by atoms with van der Waals surface area (Å²) in [5, 5.41) is 12.7. The number of hydrogen-bond acceptors (Lipinski definition) is 6. The number of piperidine rings is 1. The van der Waals surface area contributed by atoms with E-state index in [0.29, 0.717) is 6.61 Å². The second kappa shape index (κ2) is 11.8. The van der Waals surface area contributed by atoms with Crippen molar-refractivity contribution in [2.75, 3.05) is 31.1 Å². The number of likely N-dealkylation sites (tertiary alicyclic amines) is 1. The number of carboxylic acid groups (broad SMARTS) is 1. The molecule has 1 amide bonds. The Bertz CT molecular complexity index is 1410. The summed E-state index contributed by atoms with van der Waals surface area (Å²) in [7, 11) is 0. The molecule has 3 aromatic rings. The fraction of sp³-hybridized carbons (Fsp3) is 0.485. The first-order chi connectivity index (χ1) is 19.9. The predicted octanol–water partition coefficient (Wildman–Crippen LogP) is 6.57. The van der Waals surface area contributed by atoms with Gasteiger partial charge in [-0.15, -0.1) is 11.3 Å². The minimum absolute atomic E-state index is 0.128. The second-order valence-corrected chi connectivity index (χ2v) is 12.9. The highest BCUT2D eigenvalue weighted by Gasteiger charge is 2.46. The maximum atomic E-state index is 13.1. The van der Waals surface area contributed by atoms with Crippen LogP contribution in [0.25, 0.3) is 11.3 Å². The molecule has 1 unspecified atom stereocenters. The molecule has 216 valence electrons. The fourth-order valence-electron chi connectivity index (χ4n) is 6.89. The number of carbonyl (C=O) groups is 2. The number of fused-ring (bicyclic) bond motifs is 2. The van der Waals surface area contributed by atoms with Gasteiger partial charge in [0.1, 0.15) is 12.4 Å². The zero-order valence-corrected chi connectivity index (χ0v) is 24.8. The van der Waals surface area contributed by atoms with Crippen LogP contribution >= 0.6 is 11.3 Å². The summed E-state index contributed by atoms with van der Waals surface area (Å²) in [6.07, 6.45) is 6.54. The maximum absolute atomic E-state index is 13.1. The van der Waals surface area contributed by atoms with Gasteiger partial charge in [0.05, 0.1) is 11.6 Å². The van der Waals surface area contributed by atoms with Crippen LogP contribution in [-0.2, 0) is 11.4 Å². The average molecular weight is 574 g/mol. The van der Waals surface area contributed by atoms with Crippen molar-refractivity contribution in [3.8, 4) is 17.0 Å². The van der Waals surface area contributed by atoms with Crippen LogP contribution in [0.5, 0.6) is 5.75 Å². The van der Waals surface area contributed by atoms with E-state index in [1.807, 2.05) is 36.1 Å². The third-order valence-electron chi connectivity index (χ3n) is 9.16. The number of benzene rings is 2. The van der Waals surface area contributed by atoms with E-state index in [4.69, 9.17) is 9.72 Å². The number of anilines is 1. The van der Waals surface area contributed by atoms with Crippen LogP contribution in [-0.4, -0.2) is 53.0 Å². The molecule has 3 atom stereocenters. The molecule has 3 heterocycles. The number of carboxylic acids is 1. The van der Waals surface area contributed by atoms with E-state index in [1.165, 1.54) is 12.8 Å². The molecule has 1 aromatic heterocycles. The van der Waals surface area contributed by atoms with Gasteiger partial charge in [-0.1, -0.05) is 30.5 Å². The van der Waals surface area contributed by atoms with E-state index >= 15 is 0 Å². The number of thiazole rings is 1. The second-order valence-electron chi connectivity index (χ2n) is 12.0. The number of rotatable bonds is 7. The molecule has 1 N–H and O–H groups in total. The van der Waals surface area contributed by atoms with Crippen molar-refractivity contribution < 1.29 is 19.4 Å². The Morgan fingerprint density at radius 2 is 1.73 bits per heavy atom. The lowest BCUT2D eigenvalue weighted by molar-refractivity contribution is -0.144. The molecule has 41 heavy (non-hydrogen) atoms. The van der Waals surface area contributed by atoms with Crippen LogP contribution in [0.1, 0.15) is 65.6 Å². The largest absolute Gasteiger partial charge is 0.488 e. The molecule has 7 nitrogen and oxygen atoms in total. The highest BCUT2D eigenvalue weighted by atomic mass is 32.1. The van der Waals surface area contributed by atoms with Crippen LogP contribution in [0.15, 0.2) is 41.8 Å². The SMILES string of the molecule is Cc1ccc(OCc2ccc(C(=O)N3CCCCCC3)cc2C)c(-c2csc(N3C[C@H]4CC[C@@H](C3)C4C(=O)O)n2)c1. The first-order valence-electron chi connectivity index (χ1n) is 14.9. The number of carbonyl (C=O) groups excluding carboxylic acids is 1. The summed E-state index contributed by atoms with van der Waals surface area (Å²) < 4.78 is 6.38. The maximum Gasteiger partial charge on any atom is 0.307 e. The Hall–Kier alpha value is -3.39. The minimum atomic E-state index is -0.646. The van der Waals surface area contributed by atoms with Gasteiger partial charge in [-0.2, -0.15) is 0 Å². The van der Waals surface area contributed by atoms with Crippen LogP contribution in [0.2, 0.25) is 0 Å². The molecular weight excluding hydrogens is 534 g/mol. The summed E-state index contributed by atoms with van der Waals surface area (Å²) >= 11 is 1.62. The van der Waals surface area contributed by atoms with Gasteiger partial charge in [-0.05, 0) is 86.8 Å². The van der Waals surface area contributed by atoms with Crippen molar-refractivity contribution in [1.82, 2.24) is 9.88 Å². The lowest BCUT2D eigenvalue weighted by Gasteiger charge is -2.35. The molecule has 1 saturated carbocycles. The van der Waals surface area contributed by atoms with E-state index < -0.39 is 5.97 Å². The van der Waals surface area contributed by atoms with Crippen molar-refractivity contribution in [1.29, 1.82) is 0 Å². The number of aromatic nitrogens is 1. The lowest BCUT2D eigenvalue weighted by Crippen LogP contribution is -2.44. The summed E-state index contributed by atoms with van der Waals surface area (Å²) in [6, 6.07) is 12.1. The molecule has 0 radical (unpaired) electrons. The number of ether oxygens (including phenoxy) is 1. The van der Waals surface area contributed by atoms with Crippen LogP contribution in [0, 0.1) is 31.6 Å². The lowest BCUT2D eigenvalue weighted by atomic mass is 9.85. The highest BCUT2D eigenvalue weighted by molar-refractivity contribution is 7.14. The van der Waals surface area contributed by atoms with E-state index in [-0.39, 0.29) is 23.7 Å². The van der Waals surface area contributed by atoms with E-state index in [1.54, 1.807) is 11.3 Å². The number of amides is 1. The third-order valence-corrected chi connectivity index (χ3v) is 10.1. The normalized spacial score (nSPS) is 22.4.